The summed E-state index contributed by atoms with van der Waals surface area (Å²) < 4.78 is 0. The molecule has 0 spiro atoms. The second-order valence-corrected chi connectivity index (χ2v) is 5.62. The summed E-state index contributed by atoms with van der Waals surface area (Å²) in [5, 5.41) is 20.7. The molecule has 1 saturated heterocycles. The minimum atomic E-state index is -1.56. The van der Waals surface area contributed by atoms with Crippen LogP contribution in [-0.4, -0.2) is 51.1 Å². The molecule has 1 atom stereocenters. The molecule has 1 aliphatic rings. The molecule has 1 unspecified atom stereocenters. The van der Waals surface area contributed by atoms with Crippen LogP contribution in [0.25, 0.3) is 0 Å². The number of anilines is 1. The van der Waals surface area contributed by atoms with Crippen LogP contribution in [0.4, 0.5) is 5.69 Å². The maximum atomic E-state index is 12.1. The number of rotatable bonds is 7. The Hall–Kier alpha value is -2.24. The van der Waals surface area contributed by atoms with Crippen molar-refractivity contribution >= 4 is 56.7 Å². The number of benzene rings is 1. The van der Waals surface area contributed by atoms with Gasteiger partial charge in [-0.25, -0.2) is 5.01 Å². The molecule has 2 rings (SSSR count). The fourth-order valence-corrected chi connectivity index (χ4v) is 2.19. The average molecular weight is 568 g/mol. The Bertz CT molecular complexity index is 692. The van der Waals surface area contributed by atoms with Crippen LogP contribution in [0.15, 0.2) is 42.5 Å². The van der Waals surface area contributed by atoms with Crippen LogP contribution in [-0.2, 0) is 19.2 Å². The maximum absolute atomic E-state index is 12.1. The zero-order valence-corrected chi connectivity index (χ0v) is 18.8. The molecule has 1 aliphatic heterocycles. The molecule has 0 bridgehead atoms. The van der Waals surface area contributed by atoms with Gasteiger partial charge in [0.05, 0.1) is 11.7 Å². The average Bonchev–Trinajstić information content (AvgIpc) is 2.88. The van der Waals surface area contributed by atoms with Crippen molar-refractivity contribution in [3.05, 3.63) is 42.5 Å². The van der Waals surface area contributed by atoms with E-state index in [1.54, 1.807) is 12.1 Å². The van der Waals surface area contributed by atoms with Gasteiger partial charge in [-0.15, -0.1) is 0 Å². The number of para-hydroxylation sites is 1. The Morgan fingerprint density at radius 3 is 2.22 bits per heavy atom. The van der Waals surface area contributed by atoms with Crippen molar-refractivity contribution in [3.63, 3.8) is 0 Å². The van der Waals surface area contributed by atoms with Crippen molar-refractivity contribution in [3.8, 4) is 0 Å². The van der Waals surface area contributed by atoms with E-state index in [4.69, 9.17) is 0 Å². The number of carbonyl (C=O) groups is 4. The number of nitrogens with one attached hydrogen (secondary N) is 1. The number of hydrazine groups is 1. The van der Waals surface area contributed by atoms with Crippen LogP contribution >= 0.6 is 0 Å². The van der Waals surface area contributed by atoms with Gasteiger partial charge in [-0.3, -0.25) is 15.0 Å². The predicted octanol–water partition coefficient (Wildman–Crippen LogP) is -1.08. The van der Waals surface area contributed by atoms with Crippen molar-refractivity contribution in [2.45, 2.75) is 32.6 Å². The van der Waals surface area contributed by atoms with Gasteiger partial charge in [0.15, 0.2) is 0 Å². The SMILES string of the molecule is C=C(CC(=O)[O-])C(=O)[O-].CCCCC1C(=O)NN(c2ccccc2)C1=O.[Pb]. The van der Waals surface area contributed by atoms with Crippen LogP contribution in [0.2, 0.25) is 0 Å². The molecule has 2 amide bonds. The van der Waals surface area contributed by atoms with E-state index >= 15 is 0 Å². The summed E-state index contributed by atoms with van der Waals surface area (Å²) in [6.07, 6.45) is 1.84. The quantitative estimate of drug-likeness (QED) is 0.254. The Labute approximate surface area is 177 Å². The van der Waals surface area contributed by atoms with E-state index in [2.05, 4.69) is 12.0 Å². The predicted molar refractivity (Wildman–Crippen MR) is 94.6 cm³/mol. The third-order valence-corrected chi connectivity index (χ3v) is 3.56. The first kappa shape index (κ1) is 24.8. The third kappa shape index (κ3) is 7.89. The zero-order valence-electron chi connectivity index (χ0n) is 14.9. The van der Waals surface area contributed by atoms with Crippen molar-refractivity contribution in [1.82, 2.24) is 5.43 Å². The van der Waals surface area contributed by atoms with Gasteiger partial charge in [0, 0.05) is 39.7 Å². The Morgan fingerprint density at radius 2 is 1.78 bits per heavy atom. The normalized spacial score (nSPS) is 15.1. The molecule has 1 heterocycles. The van der Waals surface area contributed by atoms with Gasteiger partial charge >= 0.3 is 0 Å². The van der Waals surface area contributed by atoms with E-state index in [0.29, 0.717) is 12.1 Å². The summed E-state index contributed by atoms with van der Waals surface area (Å²) in [5.74, 6) is -3.87. The molecular formula is C18H20N2O6Pb-2. The second-order valence-electron chi connectivity index (χ2n) is 5.62. The number of carboxylic acids is 2. The number of carboxylic acid groups (broad SMARTS) is 2. The second kappa shape index (κ2) is 12.2. The van der Waals surface area contributed by atoms with Gasteiger partial charge in [0.25, 0.3) is 11.8 Å². The number of carbonyl (C=O) groups excluding carboxylic acids is 4. The summed E-state index contributed by atoms with van der Waals surface area (Å²) in [6.45, 7) is 4.96. The largest absolute Gasteiger partial charge is 0.550 e. The molecule has 27 heavy (non-hydrogen) atoms. The smallest absolute Gasteiger partial charge is 0.258 e. The Kier molecular flexibility index (Phi) is 11.2. The summed E-state index contributed by atoms with van der Waals surface area (Å²) in [7, 11) is 0. The van der Waals surface area contributed by atoms with E-state index in [1.807, 2.05) is 25.1 Å². The molecule has 1 aromatic rings. The van der Waals surface area contributed by atoms with Crippen LogP contribution in [0, 0.1) is 5.92 Å². The molecule has 144 valence electrons. The summed E-state index contributed by atoms with van der Waals surface area (Å²) >= 11 is 0. The number of aliphatic carboxylic acids is 2. The van der Waals surface area contributed by atoms with E-state index < -0.39 is 29.9 Å². The number of hydrogen-bond donors (Lipinski definition) is 1. The summed E-state index contributed by atoms with van der Waals surface area (Å²) in [5.41, 5.74) is 2.86. The zero-order chi connectivity index (χ0) is 19.7. The topological polar surface area (TPSA) is 130 Å². The van der Waals surface area contributed by atoms with Gasteiger partial charge in [0.2, 0.25) is 0 Å². The van der Waals surface area contributed by atoms with Crippen molar-refractivity contribution in [2.24, 2.45) is 5.92 Å². The first-order chi connectivity index (χ1) is 12.3. The fraction of sp³-hybridized carbons (Fsp3) is 0.333. The molecule has 4 radical (unpaired) electrons. The van der Waals surface area contributed by atoms with Gasteiger partial charge in [-0.2, -0.15) is 0 Å². The van der Waals surface area contributed by atoms with E-state index in [0.717, 1.165) is 12.8 Å². The molecule has 8 nitrogen and oxygen atoms in total. The monoisotopic (exact) mass is 568 g/mol. The molecule has 1 N–H and O–H groups in total. The van der Waals surface area contributed by atoms with Crippen molar-refractivity contribution in [1.29, 1.82) is 0 Å². The number of amides is 2. The van der Waals surface area contributed by atoms with E-state index in [-0.39, 0.29) is 39.1 Å². The first-order valence-electron chi connectivity index (χ1n) is 8.06. The van der Waals surface area contributed by atoms with Gasteiger partial charge < -0.3 is 19.8 Å². The number of nitrogens with zero attached hydrogens (tertiary/aromatic N) is 1. The Balaban J connectivity index is 0.000000584. The molecule has 1 aromatic carbocycles. The summed E-state index contributed by atoms with van der Waals surface area (Å²) in [4.78, 5) is 43.1. The van der Waals surface area contributed by atoms with Crippen LogP contribution in [0.5, 0.6) is 0 Å². The van der Waals surface area contributed by atoms with Gasteiger partial charge in [-0.05, 0) is 24.1 Å². The molecular weight excluding hydrogens is 547 g/mol. The molecule has 9 heteroatoms. The number of hydrogen-bond acceptors (Lipinski definition) is 6. The first-order valence-corrected chi connectivity index (χ1v) is 8.06. The van der Waals surface area contributed by atoms with E-state index in [9.17, 15) is 29.4 Å². The van der Waals surface area contributed by atoms with Gasteiger partial charge in [-0.1, -0.05) is 44.5 Å². The summed E-state index contributed by atoms with van der Waals surface area (Å²) in [6, 6.07) is 9.17. The molecule has 0 saturated carbocycles. The Morgan fingerprint density at radius 1 is 1.19 bits per heavy atom. The fourth-order valence-electron chi connectivity index (χ4n) is 2.19. The standard InChI is InChI=1S/C13H16N2O2.C5H6O4.Pb/c1-2-3-9-11-12(16)14-15(13(11)17)10-7-5-4-6-8-10;1-3(5(8)9)2-4(6)7;/h4-8,11H,2-3,9H2,1H3,(H,14,16);1-2H2,(H,6,7)(H,8,9);/p-2. The van der Waals surface area contributed by atoms with Crippen LogP contribution in [0.3, 0.4) is 0 Å². The van der Waals surface area contributed by atoms with Gasteiger partial charge in [0.1, 0.15) is 5.92 Å². The van der Waals surface area contributed by atoms with Crippen molar-refractivity contribution in [2.75, 3.05) is 5.01 Å². The molecule has 0 aliphatic carbocycles. The minimum absolute atomic E-state index is 0. The van der Waals surface area contributed by atoms with Crippen LogP contribution < -0.4 is 20.6 Å². The molecule has 1 fully saturated rings. The maximum Gasteiger partial charge on any atom is 0.258 e. The van der Waals surface area contributed by atoms with Crippen molar-refractivity contribution < 1.29 is 29.4 Å². The van der Waals surface area contributed by atoms with E-state index in [1.165, 1.54) is 5.01 Å². The number of unbranched alkanes of at least 4 members (excludes halogenated alkanes) is 1. The third-order valence-electron chi connectivity index (χ3n) is 3.56. The van der Waals surface area contributed by atoms with Crippen LogP contribution in [0.1, 0.15) is 32.6 Å². The minimum Gasteiger partial charge on any atom is -0.550 e. The molecule has 0 aromatic heterocycles.